The van der Waals surface area contributed by atoms with Crippen molar-refractivity contribution in [2.75, 3.05) is 6.54 Å². The minimum atomic E-state index is -0.546. The van der Waals surface area contributed by atoms with Gasteiger partial charge in [0.15, 0.2) is 6.10 Å². The fourth-order valence-corrected chi connectivity index (χ4v) is 3.64. The van der Waals surface area contributed by atoms with Crippen LogP contribution in [0.3, 0.4) is 0 Å². The summed E-state index contributed by atoms with van der Waals surface area (Å²) in [5, 5.41) is 11.6. The Hall–Kier alpha value is -2.37. The van der Waals surface area contributed by atoms with Crippen molar-refractivity contribution < 1.29 is 9.53 Å². The van der Waals surface area contributed by atoms with Crippen LogP contribution >= 0.6 is 0 Å². The maximum absolute atomic E-state index is 12.5. The van der Waals surface area contributed by atoms with E-state index in [0.29, 0.717) is 18.9 Å². The second-order valence-electron chi connectivity index (χ2n) is 7.99. The normalized spacial score (nSPS) is 15.0. The fourth-order valence-electron chi connectivity index (χ4n) is 3.64. The lowest BCUT2D eigenvalue weighted by molar-refractivity contribution is -0.127. The number of aryl methyl sites for hydroxylation is 2. The predicted molar refractivity (Wildman–Crippen MR) is 110 cm³/mol. The Labute approximate surface area is 167 Å². The molecule has 1 N–H and O–H groups in total. The van der Waals surface area contributed by atoms with Gasteiger partial charge in [-0.15, -0.1) is 10.2 Å². The van der Waals surface area contributed by atoms with Crippen molar-refractivity contribution in [1.82, 2.24) is 20.1 Å². The van der Waals surface area contributed by atoms with Crippen LogP contribution in [0.4, 0.5) is 0 Å². The first-order chi connectivity index (χ1) is 13.5. The molecule has 2 heterocycles. The topological polar surface area (TPSA) is 69.0 Å². The number of rotatable bonds is 7. The van der Waals surface area contributed by atoms with Crippen LogP contribution in [0.5, 0.6) is 5.75 Å². The highest BCUT2D eigenvalue weighted by molar-refractivity contribution is 5.80. The van der Waals surface area contributed by atoms with Gasteiger partial charge in [0, 0.05) is 25.9 Å². The highest BCUT2D eigenvalue weighted by Crippen LogP contribution is 2.28. The predicted octanol–water partition coefficient (Wildman–Crippen LogP) is 3.56. The smallest absolute Gasteiger partial charge is 0.260 e. The summed E-state index contributed by atoms with van der Waals surface area (Å²) in [6.07, 6.45) is 4.73. The van der Waals surface area contributed by atoms with Crippen LogP contribution in [0, 0.1) is 6.92 Å². The highest BCUT2D eigenvalue weighted by Gasteiger charge is 2.19. The summed E-state index contributed by atoms with van der Waals surface area (Å²) in [5.41, 5.74) is 2.25. The number of ether oxygens (including phenoxy) is 1. The molecule has 1 aromatic carbocycles. The Balaban J connectivity index is 1.54. The second-order valence-corrected chi connectivity index (χ2v) is 7.99. The molecule has 152 valence electrons. The number of carbonyl (C=O) groups excluding carboxylic acids is 1. The zero-order valence-electron chi connectivity index (χ0n) is 17.5. The Kier molecular flexibility index (Phi) is 6.70. The lowest BCUT2D eigenvalue weighted by Gasteiger charge is -2.19. The second kappa shape index (κ2) is 9.22. The molecule has 1 aliphatic heterocycles. The van der Waals surface area contributed by atoms with Crippen LogP contribution in [0.15, 0.2) is 18.2 Å². The highest BCUT2D eigenvalue weighted by atomic mass is 16.5. The van der Waals surface area contributed by atoms with Crippen LogP contribution in [-0.4, -0.2) is 33.3 Å². The molecule has 6 heteroatoms. The quantitative estimate of drug-likeness (QED) is 0.792. The van der Waals surface area contributed by atoms with Gasteiger partial charge in [-0.05, 0) is 49.8 Å². The maximum Gasteiger partial charge on any atom is 0.260 e. The molecular weight excluding hydrogens is 352 g/mol. The van der Waals surface area contributed by atoms with Crippen LogP contribution < -0.4 is 10.1 Å². The lowest BCUT2D eigenvalue weighted by atomic mass is 10.0. The van der Waals surface area contributed by atoms with Gasteiger partial charge in [-0.2, -0.15) is 0 Å². The largest absolute Gasteiger partial charge is 0.481 e. The molecule has 1 atom stereocenters. The molecule has 1 amide bonds. The van der Waals surface area contributed by atoms with Gasteiger partial charge in [-0.3, -0.25) is 4.79 Å². The van der Waals surface area contributed by atoms with Gasteiger partial charge in [0.05, 0.1) is 0 Å². The first-order valence-corrected chi connectivity index (χ1v) is 10.4. The third-order valence-electron chi connectivity index (χ3n) is 5.30. The number of carbonyl (C=O) groups is 1. The van der Waals surface area contributed by atoms with E-state index in [-0.39, 0.29) is 5.91 Å². The van der Waals surface area contributed by atoms with Gasteiger partial charge in [-0.1, -0.05) is 32.4 Å². The van der Waals surface area contributed by atoms with Gasteiger partial charge in [-0.25, -0.2) is 0 Å². The molecule has 0 fully saturated rings. The molecule has 1 unspecified atom stereocenters. The average Bonchev–Trinajstić information content (AvgIpc) is 2.88. The summed E-state index contributed by atoms with van der Waals surface area (Å²) in [5.74, 6) is 3.07. The minimum absolute atomic E-state index is 0.105. The summed E-state index contributed by atoms with van der Waals surface area (Å²) in [7, 11) is 0. The molecular formula is C22H32N4O2. The van der Waals surface area contributed by atoms with Crippen LogP contribution in [0.2, 0.25) is 0 Å². The fraction of sp³-hybridized carbons (Fsp3) is 0.591. The van der Waals surface area contributed by atoms with Crippen molar-refractivity contribution in [3.05, 3.63) is 41.0 Å². The molecule has 0 radical (unpaired) electrons. The average molecular weight is 385 g/mol. The van der Waals surface area contributed by atoms with E-state index in [1.54, 1.807) is 6.92 Å². The maximum atomic E-state index is 12.5. The number of benzene rings is 1. The molecule has 0 bridgehead atoms. The molecule has 0 spiro atoms. The molecule has 1 aliphatic rings. The molecule has 6 nitrogen and oxygen atoms in total. The van der Waals surface area contributed by atoms with Crippen LogP contribution in [0.25, 0.3) is 0 Å². The van der Waals surface area contributed by atoms with Gasteiger partial charge in [0.2, 0.25) is 0 Å². The first-order valence-electron chi connectivity index (χ1n) is 10.4. The molecule has 3 rings (SSSR count). The minimum Gasteiger partial charge on any atom is -0.481 e. The van der Waals surface area contributed by atoms with Gasteiger partial charge in [0.25, 0.3) is 5.91 Å². The SMILES string of the molecule is Cc1ccc(C(C)C)c(OC(C)C(=O)NCCc2nnc3n2CCCCC3)c1. The monoisotopic (exact) mass is 384 g/mol. The van der Waals surface area contributed by atoms with Crippen LogP contribution in [0.1, 0.15) is 68.7 Å². The van der Waals surface area contributed by atoms with E-state index >= 15 is 0 Å². The number of amides is 1. The summed E-state index contributed by atoms with van der Waals surface area (Å²) in [6, 6.07) is 6.16. The zero-order valence-corrected chi connectivity index (χ0v) is 17.5. The number of hydrogen-bond acceptors (Lipinski definition) is 4. The zero-order chi connectivity index (χ0) is 20.1. The van der Waals surface area contributed by atoms with Crippen molar-refractivity contribution in [2.24, 2.45) is 0 Å². The molecule has 28 heavy (non-hydrogen) atoms. The summed E-state index contributed by atoms with van der Waals surface area (Å²) in [4.78, 5) is 12.5. The molecule has 1 aromatic heterocycles. The summed E-state index contributed by atoms with van der Waals surface area (Å²) in [6.45, 7) is 9.60. The Bertz CT molecular complexity index is 813. The van der Waals surface area contributed by atoms with Crippen molar-refractivity contribution in [3.8, 4) is 5.75 Å². The van der Waals surface area contributed by atoms with Crippen molar-refractivity contribution in [3.63, 3.8) is 0 Å². The Morgan fingerprint density at radius 2 is 2.04 bits per heavy atom. The van der Waals surface area contributed by atoms with Gasteiger partial charge < -0.3 is 14.6 Å². The van der Waals surface area contributed by atoms with Crippen molar-refractivity contribution in [2.45, 2.75) is 78.4 Å². The molecule has 0 aliphatic carbocycles. The number of aromatic nitrogens is 3. The summed E-state index contributed by atoms with van der Waals surface area (Å²) < 4.78 is 8.22. The van der Waals surface area contributed by atoms with Gasteiger partial charge in [0.1, 0.15) is 17.4 Å². The number of nitrogens with zero attached hydrogens (tertiary/aromatic N) is 3. The van der Waals surface area contributed by atoms with E-state index in [1.165, 1.54) is 19.3 Å². The van der Waals surface area contributed by atoms with E-state index < -0.39 is 6.10 Å². The molecule has 0 saturated carbocycles. The van der Waals surface area contributed by atoms with Crippen molar-refractivity contribution in [1.29, 1.82) is 0 Å². The van der Waals surface area contributed by atoms with E-state index in [2.05, 4.69) is 46.1 Å². The summed E-state index contributed by atoms with van der Waals surface area (Å²) >= 11 is 0. The number of hydrogen-bond donors (Lipinski definition) is 1. The van der Waals surface area contributed by atoms with E-state index in [9.17, 15) is 4.79 Å². The first kappa shape index (κ1) is 20.4. The van der Waals surface area contributed by atoms with Crippen molar-refractivity contribution >= 4 is 5.91 Å². The van der Waals surface area contributed by atoms with E-state index in [1.807, 2.05) is 13.0 Å². The van der Waals surface area contributed by atoms with Gasteiger partial charge >= 0.3 is 0 Å². The molecule has 2 aromatic rings. The number of fused-ring (bicyclic) bond motifs is 1. The van der Waals surface area contributed by atoms with Crippen LogP contribution in [-0.2, 0) is 24.2 Å². The third kappa shape index (κ3) is 4.91. The van der Waals surface area contributed by atoms with E-state index in [0.717, 1.165) is 41.5 Å². The molecule has 0 saturated heterocycles. The standard InChI is InChI=1S/C22H32N4O2/c1-15(2)18-10-9-16(3)14-19(18)28-17(4)22(27)23-12-11-21-25-24-20-8-6-5-7-13-26(20)21/h9-10,14-15,17H,5-8,11-13H2,1-4H3,(H,23,27). The lowest BCUT2D eigenvalue weighted by Crippen LogP contribution is -2.37. The number of nitrogens with one attached hydrogen (secondary N) is 1. The Morgan fingerprint density at radius 1 is 1.21 bits per heavy atom. The van der Waals surface area contributed by atoms with E-state index in [4.69, 9.17) is 4.74 Å². The Morgan fingerprint density at radius 3 is 2.82 bits per heavy atom. The third-order valence-corrected chi connectivity index (χ3v) is 5.30.